The van der Waals surface area contributed by atoms with Crippen molar-refractivity contribution in [2.45, 2.75) is 38.1 Å². The lowest BCUT2D eigenvalue weighted by Crippen LogP contribution is -2.38. The highest BCUT2D eigenvalue weighted by molar-refractivity contribution is 7.16. The van der Waals surface area contributed by atoms with Crippen LogP contribution < -0.4 is 11.2 Å². The molecule has 1 aliphatic carbocycles. The predicted octanol–water partition coefficient (Wildman–Crippen LogP) is 3.61. The molecule has 1 N–H and O–H groups in total. The lowest BCUT2D eigenvalue weighted by molar-refractivity contribution is 0.644. The van der Waals surface area contributed by atoms with Crippen LogP contribution in [0.5, 0.6) is 0 Å². The quantitative estimate of drug-likeness (QED) is 0.864. The molecular formula is C14H14Cl2N2O2S. The van der Waals surface area contributed by atoms with Gasteiger partial charge in [0.25, 0.3) is 5.56 Å². The molecule has 0 spiro atoms. The highest BCUT2D eigenvalue weighted by atomic mass is 35.5. The van der Waals surface area contributed by atoms with E-state index in [1.54, 1.807) is 6.07 Å². The predicted molar refractivity (Wildman–Crippen MR) is 86.0 cm³/mol. The van der Waals surface area contributed by atoms with Crippen LogP contribution in [0.3, 0.4) is 0 Å². The van der Waals surface area contributed by atoms with Crippen molar-refractivity contribution >= 4 is 34.5 Å². The van der Waals surface area contributed by atoms with Crippen LogP contribution in [0, 0.1) is 0 Å². The van der Waals surface area contributed by atoms with Crippen LogP contribution in [0.25, 0.3) is 0 Å². The molecule has 0 amide bonds. The molecule has 3 rings (SSSR count). The van der Waals surface area contributed by atoms with E-state index >= 15 is 0 Å². The lowest BCUT2D eigenvalue weighted by atomic mass is 10.0. The molecule has 1 aliphatic rings. The first-order valence-electron chi connectivity index (χ1n) is 6.83. The van der Waals surface area contributed by atoms with E-state index in [1.165, 1.54) is 15.9 Å². The molecule has 0 unspecified atom stereocenters. The highest BCUT2D eigenvalue weighted by Crippen LogP contribution is 2.34. The molecule has 4 nitrogen and oxygen atoms in total. The standard InChI is InChI=1S/C14H14Cl2N2O2S/c15-10-6-5-9(21-10)7-18-13(19)11(8-3-1-2-4-8)12(16)17-14(18)20/h5-6,8H,1-4,7H2,(H,17,20). The van der Waals surface area contributed by atoms with Crippen molar-refractivity contribution in [3.05, 3.63) is 52.9 Å². The molecule has 0 saturated heterocycles. The third-order valence-electron chi connectivity index (χ3n) is 3.88. The number of rotatable bonds is 3. The zero-order valence-corrected chi connectivity index (χ0v) is 13.5. The number of nitrogens with zero attached hydrogens (tertiary/aromatic N) is 1. The first-order chi connectivity index (χ1) is 10.1. The zero-order chi connectivity index (χ0) is 15.0. The van der Waals surface area contributed by atoms with E-state index < -0.39 is 5.69 Å². The number of hydrogen-bond donors (Lipinski definition) is 1. The Balaban J connectivity index is 2.05. The largest absolute Gasteiger partial charge is 0.329 e. The zero-order valence-electron chi connectivity index (χ0n) is 11.2. The molecule has 0 aromatic carbocycles. The number of H-pyrrole nitrogens is 1. The van der Waals surface area contributed by atoms with Crippen LogP contribution in [0.4, 0.5) is 0 Å². The van der Waals surface area contributed by atoms with Gasteiger partial charge in [-0.15, -0.1) is 11.3 Å². The molecule has 21 heavy (non-hydrogen) atoms. The van der Waals surface area contributed by atoms with Crippen molar-refractivity contribution in [2.75, 3.05) is 0 Å². The molecule has 2 aromatic rings. The van der Waals surface area contributed by atoms with Gasteiger partial charge in [0, 0.05) is 4.88 Å². The van der Waals surface area contributed by atoms with Crippen LogP contribution in [0.2, 0.25) is 9.49 Å². The molecule has 1 fully saturated rings. The van der Waals surface area contributed by atoms with Gasteiger partial charge in [0.1, 0.15) is 5.15 Å². The first-order valence-corrected chi connectivity index (χ1v) is 8.40. The number of aromatic nitrogens is 2. The minimum Gasteiger partial charge on any atom is -0.297 e. The summed E-state index contributed by atoms with van der Waals surface area (Å²) >= 11 is 13.4. The lowest BCUT2D eigenvalue weighted by Gasteiger charge is -2.13. The van der Waals surface area contributed by atoms with Gasteiger partial charge in [-0.1, -0.05) is 36.0 Å². The van der Waals surface area contributed by atoms with E-state index in [0.29, 0.717) is 9.90 Å². The Kier molecular flexibility index (Phi) is 4.24. The Morgan fingerprint density at radius 1 is 1.24 bits per heavy atom. The number of halogens is 2. The summed E-state index contributed by atoms with van der Waals surface area (Å²) in [7, 11) is 0. The molecule has 0 aliphatic heterocycles. The smallest absolute Gasteiger partial charge is 0.297 e. The molecule has 2 aromatic heterocycles. The summed E-state index contributed by atoms with van der Waals surface area (Å²) in [6.07, 6.45) is 4.10. The second-order valence-electron chi connectivity index (χ2n) is 5.24. The number of hydrogen-bond acceptors (Lipinski definition) is 3. The van der Waals surface area contributed by atoms with E-state index in [1.807, 2.05) is 6.07 Å². The Bertz CT molecular complexity index is 772. The van der Waals surface area contributed by atoms with E-state index in [0.717, 1.165) is 30.6 Å². The first kappa shape index (κ1) is 14.9. The number of thiophene rings is 1. The van der Waals surface area contributed by atoms with Crippen LogP contribution in [-0.2, 0) is 6.54 Å². The summed E-state index contributed by atoms with van der Waals surface area (Å²) in [4.78, 5) is 28.1. The molecule has 2 heterocycles. The van der Waals surface area contributed by atoms with Crippen LogP contribution >= 0.6 is 34.5 Å². The van der Waals surface area contributed by atoms with Gasteiger partial charge in [0.15, 0.2) is 0 Å². The fourth-order valence-electron chi connectivity index (χ4n) is 2.86. The Labute approximate surface area is 135 Å². The van der Waals surface area contributed by atoms with E-state index in [9.17, 15) is 9.59 Å². The normalized spacial score (nSPS) is 15.7. The minimum atomic E-state index is -0.476. The molecule has 1 saturated carbocycles. The average molecular weight is 345 g/mol. The second-order valence-corrected chi connectivity index (χ2v) is 7.41. The highest BCUT2D eigenvalue weighted by Gasteiger charge is 2.25. The van der Waals surface area contributed by atoms with Gasteiger partial charge >= 0.3 is 5.69 Å². The minimum absolute atomic E-state index is 0.153. The van der Waals surface area contributed by atoms with Gasteiger partial charge in [0.2, 0.25) is 0 Å². The van der Waals surface area contributed by atoms with Gasteiger partial charge in [-0.25, -0.2) is 4.79 Å². The van der Waals surface area contributed by atoms with Crippen molar-refractivity contribution < 1.29 is 0 Å². The topological polar surface area (TPSA) is 54.9 Å². The average Bonchev–Trinajstić information content (AvgIpc) is 3.06. The van der Waals surface area contributed by atoms with Crippen LogP contribution in [-0.4, -0.2) is 9.55 Å². The van der Waals surface area contributed by atoms with Gasteiger partial charge in [-0.05, 0) is 30.9 Å². The molecule has 0 bridgehead atoms. The van der Waals surface area contributed by atoms with E-state index in [-0.39, 0.29) is 23.2 Å². The maximum atomic E-state index is 12.6. The third kappa shape index (κ3) is 2.96. The third-order valence-corrected chi connectivity index (χ3v) is 5.39. The van der Waals surface area contributed by atoms with Crippen molar-refractivity contribution in [1.29, 1.82) is 0 Å². The molecule has 0 radical (unpaired) electrons. The fourth-order valence-corrected chi connectivity index (χ4v) is 4.26. The number of aromatic amines is 1. The van der Waals surface area contributed by atoms with Crippen molar-refractivity contribution in [3.63, 3.8) is 0 Å². The number of nitrogens with one attached hydrogen (secondary N) is 1. The Morgan fingerprint density at radius 3 is 2.57 bits per heavy atom. The van der Waals surface area contributed by atoms with E-state index in [4.69, 9.17) is 23.2 Å². The maximum Gasteiger partial charge on any atom is 0.329 e. The fraction of sp³-hybridized carbons (Fsp3) is 0.429. The van der Waals surface area contributed by atoms with Crippen molar-refractivity contribution in [3.8, 4) is 0 Å². The monoisotopic (exact) mass is 344 g/mol. The van der Waals surface area contributed by atoms with Crippen LogP contribution in [0.15, 0.2) is 21.7 Å². The van der Waals surface area contributed by atoms with Crippen molar-refractivity contribution in [1.82, 2.24) is 9.55 Å². The molecular weight excluding hydrogens is 331 g/mol. The SMILES string of the molecule is O=c1[nH]c(Cl)c(C2CCCC2)c(=O)n1Cc1ccc(Cl)s1. The van der Waals surface area contributed by atoms with Gasteiger partial charge in [-0.3, -0.25) is 14.3 Å². The maximum absolute atomic E-state index is 12.6. The molecule has 0 atom stereocenters. The summed E-state index contributed by atoms with van der Waals surface area (Å²) in [5.41, 5.74) is -0.201. The van der Waals surface area contributed by atoms with Crippen LogP contribution in [0.1, 0.15) is 42.0 Å². The Hall–Kier alpha value is -1.04. The van der Waals surface area contributed by atoms with E-state index in [2.05, 4.69) is 4.98 Å². The summed E-state index contributed by atoms with van der Waals surface area (Å²) < 4.78 is 1.85. The summed E-state index contributed by atoms with van der Waals surface area (Å²) in [5, 5.41) is 0.192. The summed E-state index contributed by atoms with van der Waals surface area (Å²) in [6.45, 7) is 0.225. The van der Waals surface area contributed by atoms with Crippen molar-refractivity contribution in [2.24, 2.45) is 0 Å². The molecule has 7 heteroatoms. The summed E-state index contributed by atoms with van der Waals surface area (Å²) in [6, 6.07) is 3.58. The van der Waals surface area contributed by atoms with Gasteiger partial charge < -0.3 is 0 Å². The molecule has 112 valence electrons. The second kappa shape index (κ2) is 5.99. The summed E-state index contributed by atoms with van der Waals surface area (Å²) in [5.74, 6) is 0.153. The van der Waals surface area contributed by atoms with Gasteiger partial charge in [0.05, 0.1) is 16.4 Å². The van der Waals surface area contributed by atoms with Gasteiger partial charge in [-0.2, -0.15) is 0 Å². The Morgan fingerprint density at radius 2 is 1.95 bits per heavy atom.